The van der Waals surface area contributed by atoms with Crippen molar-refractivity contribution in [3.05, 3.63) is 24.0 Å². The molecule has 2 rings (SSSR count). The highest BCUT2D eigenvalue weighted by Gasteiger charge is 2.29. The summed E-state index contributed by atoms with van der Waals surface area (Å²) in [6, 6.07) is 4.92. The zero-order valence-electron chi connectivity index (χ0n) is 14.3. The molecule has 1 amide bonds. The lowest BCUT2D eigenvalue weighted by molar-refractivity contribution is 0.0205. The highest BCUT2D eigenvalue weighted by molar-refractivity contribution is 5.68. The maximum atomic E-state index is 14.0. The van der Waals surface area contributed by atoms with Crippen LogP contribution in [0.3, 0.4) is 0 Å². The number of hydrogen-bond acceptors (Lipinski definition) is 4. The molecule has 0 radical (unpaired) electrons. The molecule has 1 aliphatic rings. The van der Waals surface area contributed by atoms with E-state index < -0.39 is 5.60 Å². The molecule has 0 atom stereocenters. The van der Waals surface area contributed by atoms with Crippen LogP contribution < -0.4 is 10.6 Å². The summed E-state index contributed by atoms with van der Waals surface area (Å²) in [5.41, 5.74) is 6.06. The molecule has 1 aliphatic heterocycles. The van der Waals surface area contributed by atoms with Gasteiger partial charge in [-0.1, -0.05) is 0 Å². The van der Waals surface area contributed by atoms with Gasteiger partial charge in [0.2, 0.25) is 0 Å². The number of nitrogens with zero attached hydrogens (tertiary/aromatic N) is 2. The van der Waals surface area contributed by atoms with Gasteiger partial charge in [-0.15, -0.1) is 0 Å². The van der Waals surface area contributed by atoms with Gasteiger partial charge in [-0.3, -0.25) is 0 Å². The van der Waals surface area contributed by atoms with E-state index in [1.165, 1.54) is 6.07 Å². The van der Waals surface area contributed by atoms with E-state index in [4.69, 9.17) is 10.5 Å². The fourth-order valence-corrected chi connectivity index (χ4v) is 2.77. The van der Waals surface area contributed by atoms with Crippen molar-refractivity contribution < 1.29 is 13.9 Å². The summed E-state index contributed by atoms with van der Waals surface area (Å²) in [5.74, 6) is -0.318. The Morgan fingerprint density at radius 2 is 1.96 bits per heavy atom. The van der Waals surface area contributed by atoms with Gasteiger partial charge in [-0.05, 0) is 51.8 Å². The smallest absolute Gasteiger partial charge is 0.410 e. The topological polar surface area (TPSA) is 58.8 Å². The van der Waals surface area contributed by atoms with Crippen molar-refractivity contribution in [1.29, 1.82) is 0 Å². The largest absolute Gasteiger partial charge is 0.444 e. The van der Waals surface area contributed by atoms with E-state index in [0.717, 1.165) is 12.8 Å². The third-order valence-electron chi connectivity index (χ3n) is 4.02. The lowest BCUT2D eigenvalue weighted by atomic mass is 10.0. The lowest BCUT2D eigenvalue weighted by Crippen LogP contribution is -2.47. The van der Waals surface area contributed by atoms with Gasteiger partial charge in [-0.25, -0.2) is 9.18 Å². The van der Waals surface area contributed by atoms with E-state index in [2.05, 4.69) is 0 Å². The molecule has 1 saturated heterocycles. The van der Waals surface area contributed by atoms with Crippen LogP contribution in [0.4, 0.5) is 20.6 Å². The summed E-state index contributed by atoms with van der Waals surface area (Å²) in [6.07, 6.45) is 1.27. The van der Waals surface area contributed by atoms with Gasteiger partial charge in [0.15, 0.2) is 0 Å². The zero-order chi connectivity index (χ0) is 17.2. The SMILES string of the molecule is CN(c1ccc(N)cc1F)C1CCN(C(=O)OC(C)(C)C)CC1. The summed E-state index contributed by atoms with van der Waals surface area (Å²) < 4.78 is 19.4. The van der Waals surface area contributed by atoms with Crippen LogP contribution in [0.2, 0.25) is 0 Å². The normalized spacial score (nSPS) is 16.3. The van der Waals surface area contributed by atoms with Gasteiger partial charge in [-0.2, -0.15) is 0 Å². The molecule has 1 aromatic carbocycles. The minimum atomic E-state index is -0.488. The summed E-state index contributed by atoms with van der Waals surface area (Å²) in [7, 11) is 1.88. The number of nitrogens with two attached hydrogens (primary N) is 1. The third kappa shape index (κ3) is 4.50. The summed E-state index contributed by atoms with van der Waals surface area (Å²) in [4.78, 5) is 15.7. The molecule has 128 valence electrons. The predicted octanol–water partition coefficient (Wildman–Crippen LogP) is 3.24. The highest BCUT2D eigenvalue weighted by Crippen LogP contribution is 2.26. The number of carbonyl (C=O) groups is 1. The van der Waals surface area contributed by atoms with Crippen molar-refractivity contribution in [2.45, 2.75) is 45.3 Å². The second-order valence-corrected chi connectivity index (χ2v) is 7.02. The number of likely N-dealkylation sites (tertiary alicyclic amines) is 1. The number of halogens is 1. The van der Waals surface area contributed by atoms with E-state index in [1.54, 1.807) is 17.0 Å². The van der Waals surface area contributed by atoms with Gasteiger partial charge in [0.25, 0.3) is 0 Å². The maximum Gasteiger partial charge on any atom is 0.410 e. The quantitative estimate of drug-likeness (QED) is 0.849. The molecule has 0 bridgehead atoms. The van der Waals surface area contributed by atoms with Crippen molar-refractivity contribution >= 4 is 17.5 Å². The monoisotopic (exact) mass is 323 g/mol. The Labute approximate surface area is 137 Å². The second-order valence-electron chi connectivity index (χ2n) is 7.02. The van der Waals surface area contributed by atoms with E-state index >= 15 is 0 Å². The minimum Gasteiger partial charge on any atom is -0.444 e. The van der Waals surface area contributed by atoms with Crippen LogP contribution in [0.5, 0.6) is 0 Å². The maximum absolute atomic E-state index is 14.0. The van der Waals surface area contributed by atoms with Crippen molar-refractivity contribution in [3.8, 4) is 0 Å². The molecule has 0 aliphatic carbocycles. The molecule has 1 fully saturated rings. The first-order valence-corrected chi connectivity index (χ1v) is 7.93. The summed E-state index contributed by atoms with van der Waals surface area (Å²) >= 11 is 0. The van der Waals surface area contributed by atoms with E-state index in [-0.39, 0.29) is 18.0 Å². The van der Waals surface area contributed by atoms with Gasteiger partial charge >= 0.3 is 6.09 Å². The van der Waals surface area contributed by atoms with Gasteiger partial charge in [0, 0.05) is 31.9 Å². The molecule has 0 unspecified atom stereocenters. The fourth-order valence-electron chi connectivity index (χ4n) is 2.77. The van der Waals surface area contributed by atoms with E-state index in [9.17, 15) is 9.18 Å². The van der Waals surface area contributed by atoms with Crippen LogP contribution in [-0.4, -0.2) is 42.8 Å². The molecule has 23 heavy (non-hydrogen) atoms. The molecular formula is C17H26FN3O2. The van der Waals surface area contributed by atoms with E-state index in [1.807, 2.05) is 32.7 Å². The first-order valence-electron chi connectivity index (χ1n) is 7.93. The minimum absolute atomic E-state index is 0.187. The Bertz CT molecular complexity index is 563. The van der Waals surface area contributed by atoms with Crippen LogP contribution in [0.15, 0.2) is 18.2 Å². The molecule has 1 aromatic rings. The Hall–Kier alpha value is -1.98. The third-order valence-corrected chi connectivity index (χ3v) is 4.02. The number of benzene rings is 1. The predicted molar refractivity (Wildman–Crippen MR) is 90.0 cm³/mol. The fraction of sp³-hybridized carbons (Fsp3) is 0.588. The Morgan fingerprint density at radius 1 is 1.35 bits per heavy atom. The molecule has 0 aromatic heterocycles. The molecule has 5 nitrogen and oxygen atoms in total. The standard InChI is InChI=1S/C17H26FN3O2/c1-17(2,3)23-16(22)21-9-7-13(8-10-21)20(4)15-6-5-12(19)11-14(15)18/h5-6,11,13H,7-10,19H2,1-4H3. The van der Waals surface area contributed by atoms with Crippen LogP contribution >= 0.6 is 0 Å². The van der Waals surface area contributed by atoms with Crippen LogP contribution in [-0.2, 0) is 4.74 Å². The molecule has 1 heterocycles. The van der Waals surface area contributed by atoms with Crippen molar-refractivity contribution in [2.75, 3.05) is 30.8 Å². The lowest BCUT2D eigenvalue weighted by Gasteiger charge is -2.38. The summed E-state index contributed by atoms with van der Waals surface area (Å²) in [6.45, 7) is 6.79. The molecule has 2 N–H and O–H groups in total. The van der Waals surface area contributed by atoms with Crippen LogP contribution in [0.1, 0.15) is 33.6 Å². The average molecular weight is 323 g/mol. The second kappa shape index (κ2) is 6.64. The van der Waals surface area contributed by atoms with Gasteiger partial charge in [0.05, 0.1) is 5.69 Å². The number of rotatable bonds is 2. The molecule has 0 spiro atoms. The number of hydrogen-bond donors (Lipinski definition) is 1. The van der Waals surface area contributed by atoms with Crippen LogP contribution in [0.25, 0.3) is 0 Å². The molecule has 0 saturated carbocycles. The highest BCUT2D eigenvalue weighted by atomic mass is 19.1. The van der Waals surface area contributed by atoms with E-state index in [0.29, 0.717) is 24.5 Å². The van der Waals surface area contributed by atoms with Crippen molar-refractivity contribution in [2.24, 2.45) is 0 Å². The molecule has 6 heteroatoms. The number of ether oxygens (including phenoxy) is 1. The number of nitrogen functional groups attached to an aromatic ring is 1. The molecular weight excluding hydrogens is 297 g/mol. The number of carbonyl (C=O) groups excluding carboxylic acids is 1. The van der Waals surface area contributed by atoms with Gasteiger partial charge < -0.3 is 20.3 Å². The average Bonchev–Trinajstić information content (AvgIpc) is 2.45. The Kier molecular flexibility index (Phi) is 5.02. The van der Waals surface area contributed by atoms with Crippen molar-refractivity contribution in [1.82, 2.24) is 4.90 Å². The van der Waals surface area contributed by atoms with Gasteiger partial charge in [0.1, 0.15) is 11.4 Å². The number of anilines is 2. The number of piperidine rings is 1. The Morgan fingerprint density at radius 3 is 2.48 bits per heavy atom. The van der Waals surface area contributed by atoms with Crippen LogP contribution in [0, 0.1) is 5.82 Å². The zero-order valence-corrected chi connectivity index (χ0v) is 14.3. The Balaban J connectivity index is 1.95. The van der Waals surface area contributed by atoms with Crippen molar-refractivity contribution in [3.63, 3.8) is 0 Å². The summed E-state index contributed by atoms with van der Waals surface area (Å²) in [5, 5.41) is 0. The first kappa shape index (κ1) is 17.4. The number of amides is 1. The first-order chi connectivity index (χ1) is 10.7.